The van der Waals surface area contributed by atoms with Gasteiger partial charge in [0.05, 0.1) is 11.4 Å². The molecule has 0 saturated carbocycles. The molecule has 0 bridgehead atoms. The van der Waals surface area contributed by atoms with Gasteiger partial charge in [-0.25, -0.2) is 9.98 Å². The number of nitrogens with zero attached hydrogens (tertiary/aromatic N) is 3. The lowest BCUT2D eigenvalue weighted by Gasteiger charge is -1.98. The van der Waals surface area contributed by atoms with E-state index in [1.54, 1.807) is 12.1 Å². The largest absolute Gasteiger partial charge is 0.441 e. The Bertz CT molecular complexity index is 645. The lowest BCUT2D eigenvalue weighted by Crippen LogP contribution is -2.26. The average molecular weight is 272 g/mol. The van der Waals surface area contributed by atoms with Gasteiger partial charge in [-0.05, 0) is 38.1 Å². The Labute approximate surface area is 116 Å². The fraction of sp³-hybridized carbons (Fsp3) is 0.154. The molecule has 0 aliphatic heterocycles. The molecule has 0 radical (unpaired) electrons. The summed E-state index contributed by atoms with van der Waals surface area (Å²) in [5.41, 5.74) is 18.3. The number of oxazole rings is 1. The van der Waals surface area contributed by atoms with Gasteiger partial charge in [-0.3, -0.25) is 0 Å². The van der Waals surface area contributed by atoms with Crippen LogP contribution >= 0.6 is 0 Å². The molecule has 0 unspecified atom stereocenters. The second-order valence-corrected chi connectivity index (χ2v) is 4.21. The van der Waals surface area contributed by atoms with Crippen molar-refractivity contribution in [3.63, 3.8) is 0 Å². The minimum atomic E-state index is -0.131. The van der Waals surface area contributed by atoms with Crippen molar-refractivity contribution in [2.75, 3.05) is 0 Å². The molecule has 0 fully saturated rings. The summed E-state index contributed by atoms with van der Waals surface area (Å²) in [5, 5.41) is 0. The van der Waals surface area contributed by atoms with E-state index in [-0.39, 0.29) is 11.9 Å². The molecule has 0 aliphatic rings. The van der Waals surface area contributed by atoms with Crippen molar-refractivity contribution in [1.29, 1.82) is 0 Å². The summed E-state index contributed by atoms with van der Waals surface area (Å²) in [6.07, 6.45) is 0. The first-order valence-corrected chi connectivity index (χ1v) is 5.94. The highest BCUT2D eigenvalue weighted by Crippen LogP contribution is 2.23. The number of aliphatic imine (C=N–C) groups is 2. The molecule has 7 heteroatoms. The van der Waals surface area contributed by atoms with Crippen molar-refractivity contribution in [1.82, 2.24) is 4.98 Å². The summed E-state index contributed by atoms with van der Waals surface area (Å²) >= 11 is 0. The highest BCUT2D eigenvalue weighted by Gasteiger charge is 2.07. The van der Waals surface area contributed by atoms with Crippen molar-refractivity contribution < 1.29 is 4.42 Å². The third kappa shape index (κ3) is 3.14. The van der Waals surface area contributed by atoms with Gasteiger partial charge in [-0.1, -0.05) is 0 Å². The molecule has 6 N–H and O–H groups in total. The van der Waals surface area contributed by atoms with Crippen LogP contribution in [0, 0.1) is 13.8 Å². The SMILES string of the molecule is Cc1nc(-c2ccc(N=C(N)N=C(N)N)cc2)oc1C. The number of rotatable bonds is 2. The molecular formula is C13H16N6O. The topological polar surface area (TPSA) is 129 Å². The van der Waals surface area contributed by atoms with Crippen molar-refractivity contribution in [3.05, 3.63) is 35.7 Å². The zero-order valence-electron chi connectivity index (χ0n) is 11.3. The van der Waals surface area contributed by atoms with Crippen molar-refractivity contribution in [2.45, 2.75) is 13.8 Å². The molecule has 0 atom stereocenters. The van der Waals surface area contributed by atoms with Crippen LogP contribution in [-0.4, -0.2) is 16.9 Å². The Morgan fingerprint density at radius 1 is 1.10 bits per heavy atom. The summed E-state index contributed by atoms with van der Waals surface area (Å²) in [7, 11) is 0. The van der Waals surface area contributed by atoms with Crippen LogP contribution in [0.25, 0.3) is 11.5 Å². The molecule has 20 heavy (non-hydrogen) atoms. The standard InChI is InChI=1S/C13H16N6O/c1-7-8(2)20-11(17-7)9-3-5-10(6-4-9)18-13(16)19-12(14)15/h3-6H,1-2H3,(H6,14,15,16,18,19). The lowest BCUT2D eigenvalue weighted by atomic mass is 10.2. The second kappa shape index (κ2) is 5.43. The van der Waals surface area contributed by atoms with Crippen LogP contribution in [0.15, 0.2) is 38.7 Å². The van der Waals surface area contributed by atoms with E-state index in [0.29, 0.717) is 11.6 Å². The number of guanidine groups is 2. The predicted molar refractivity (Wildman–Crippen MR) is 78.5 cm³/mol. The van der Waals surface area contributed by atoms with Gasteiger partial charge in [0.25, 0.3) is 0 Å². The quantitative estimate of drug-likeness (QED) is 0.558. The Kier molecular flexibility index (Phi) is 3.69. The summed E-state index contributed by atoms with van der Waals surface area (Å²) in [6, 6.07) is 7.23. The monoisotopic (exact) mass is 272 g/mol. The van der Waals surface area contributed by atoms with E-state index in [2.05, 4.69) is 15.0 Å². The Balaban J connectivity index is 2.24. The average Bonchev–Trinajstić information content (AvgIpc) is 2.69. The first-order valence-electron chi connectivity index (χ1n) is 5.94. The van der Waals surface area contributed by atoms with E-state index in [1.165, 1.54) is 0 Å². The molecule has 2 aromatic rings. The van der Waals surface area contributed by atoms with E-state index in [0.717, 1.165) is 17.0 Å². The molecule has 104 valence electrons. The Morgan fingerprint density at radius 3 is 2.25 bits per heavy atom. The smallest absolute Gasteiger partial charge is 0.226 e. The number of hydrogen-bond donors (Lipinski definition) is 3. The highest BCUT2D eigenvalue weighted by molar-refractivity contribution is 5.93. The van der Waals surface area contributed by atoms with Crippen molar-refractivity contribution in [3.8, 4) is 11.5 Å². The second-order valence-electron chi connectivity index (χ2n) is 4.21. The fourth-order valence-electron chi connectivity index (χ4n) is 1.56. The van der Waals surface area contributed by atoms with Crippen LogP contribution in [0.3, 0.4) is 0 Å². The zero-order valence-corrected chi connectivity index (χ0v) is 11.3. The zero-order chi connectivity index (χ0) is 14.7. The highest BCUT2D eigenvalue weighted by atomic mass is 16.4. The fourth-order valence-corrected chi connectivity index (χ4v) is 1.56. The summed E-state index contributed by atoms with van der Waals surface area (Å²) < 4.78 is 5.55. The third-order valence-corrected chi connectivity index (χ3v) is 2.63. The van der Waals surface area contributed by atoms with Crippen LogP contribution in [0.1, 0.15) is 11.5 Å². The first kappa shape index (κ1) is 13.6. The van der Waals surface area contributed by atoms with Crippen LogP contribution in [0.4, 0.5) is 5.69 Å². The van der Waals surface area contributed by atoms with Gasteiger partial charge in [0, 0.05) is 5.56 Å². The number of nitrogens with two attached hydrogens (primary N) is 3. The van der Waals surface area contributed by atoms with E-state index < -0.39 is 0 Å². The number of hydrogen-bond acceptors (Lipinski definition) is 3. The lowest BCUT2D eigenvalue weighted by molar-refractivity contribution is 0.541. The number of aromatic nitrogens is 1. The van der Waals surface area contributed by atoms with Gasteiger partial charge in [-0.2, -0.15) is 4.99 Å². The minimum Gasteiger partial charge on any atom is -0.441 e. The number of aryl methyl sites for hydroxylation is 2. The minimum absolute atomic E-state index is 0.000521. The Morgan fingerprint density at radius 2 is 1.75 bits per heavy atom. The third-order valence-electron chi connectivity index (χ3n) is 2.63. The Hall–Kier alpha value is -2.83. The van der Waals surface area contributed by atoms with Gasteiger partial charge < -0.3 is 21.6 Å². The maximum absolute atomic E-state index is 5.55. The molecule has 2 rings (SSSR count). The van der Waals surface area contributed by atoms with Crippen molar-refractivity contribution >= 4 is 17.6 Å². The summed E-state index contributed by atoms with van der Waals surface area (Å²) in [5.74, 6) is 1.25. The van der Waals surface area contributed by atoms with Crippen LogP contribution in [-0.2, 0) is 0 Å². The van der Waals surface area contributed by atoms with E-state index >= 15 is 0 Å². The predicted octanol–water partition coefficient (Wildman–Crippen LogP) is 1.18. The van der Waals surface area contributed by atoms with Gasteiger partial charge in [-0.15, -0.1) is 0 Å². The normalized spacial score (nSPS) is 11.4. The summed E-state index contributed by atoms with van der Waals surface area (Å²) in [4.78, 5) is 12.0. The van der Waals surface area contributed by atoms with E-state index in [1.807, 2.05) is 26.0 Å². The molecular weight excluding hydrogens is 256 g/mol. The van der Waals surface area contributed by atoms with Gasteiger partial charge >= 0.3 is 0 Å². The molecule has 1 aromatic carbocycles. The van der Waals surface area contributed by atoms with Gasteiger partial charge in [0.15, 0.2) is 5.96 Å². The molecule has 1 heterocycles. The van der Waals surface area contributed by atoms with Crippen LogP contribution < -0.4 is 17.2 Å². The maximum Gasteiger partial charge on any atom is 0.226 e. The first-order chi connectivity index (χ1) is 9.45. The van der Waals surface area contributed by atoms with Gasteiger partial charge in [0.1, 0.15) is 5.76 Å². The van der Waals surface area contributed by atoms with Gasteiger partial charge in [0.2, 0.25) is 11.9 Å². The molecule has 0 saturated heterocycles. The van der Waals surface area contributed by atoms with E-state index in [9.17, 15) is 0 Å². The summed E-state index contributed by atoms with van der Waals surface area (Å²) in [6.45, 7) is 3.78. The van der Waals surface area contributed by atoms with Crippen LogP contribution in [0.5, 0.6) is 0 Å². The van der Waals surface area contributed by atoms with E-state index in [4.69, 9.17) is 21.6 Å². The number of benzene rings is 1. The van der Waals surface area contributed by atoms with Crippen LogP contribution in [0.2, 0.25) is 0 Å². The molecule has 7 nitrogen and oxygen atoms in total. The van der Waals surface area contributed by atoms with Crippen molar-refractivity contribution in [2.24, 2.45) is 27.2 Å². The molecule has 0 aliphatic carbocycles. The molecule has 0 spiro atoms. The molecule has 0 amide bonds. The molecule has 1 aromatic heterocycles. The maximum atomic E-state index is 5.55.